The van der Waals surface area contributed by atoms with E-state index in [1.54, 1.807) is 0 Å². The molecule has 0 spiro atoms. The molecule has 15 heavy (non-hydrogen) atoms. The van der Waals surface area contributed by atoms with Crippen molar-refractivity contribution in [3.8, 4) is 0 Å². The zero-order valence-corrected chi connectivity index (χ0v) is 10.1. The first kappa shape index (κ1) is 12.2. The van der Waals surface area contributed by atoms with Gasteiger partial charge in [0.2, 0.25) is 0 Å². The van der Waals surface area contributed by atoms with Crippen LogP contribution < -0.4 is 11.1 Å². The Morgan fingerprint density at radius 3 is 2.53 bits per heavy atom. The summed E-state index contributed by atoms with van der Waals surface area (Å²) in [5.74, 6) is 0. The number of aryl methyl sites for hydroxylation is 1. The normalized spacial score (nSPS) is 10.7. The van der Waals surface area contributed by atoms with E-state index in [0.717, 1.165) is 26.1 Å². The summed E-state index contributed by atoms with van der Waals surface area (Å²) in [7, 11) is 0. The number of benzene rings is 1. The van der Waals surface area contributed by atoms with Gasteiger partial charge in [-0.1, -0.05) is 12.1 Å². The van der Waals surface area contributed by atoms with Crippen molar-refractivity contribution in [1.82, 2.24) is 5.32 Å². The Bertz CT molecular complexity index is 319. The van der Waals surface area contributed by atoms with Gasteiger partial charge in [-0.15, -0.1) is 0 Å². The lowest BCUT2D eigenvalue weighted by Crippen LogP contribution is -2.18. The molecule has 2 heteroatoms. The van der Waals surface area contributed by atoms with Crippen LogP contribution in [0.4, 0.5) is 0 Å². The van der Waals surface area contributed by atoms with E-state index < -0.39 is 0 Å². The minimum atomic E-state index is 0.763. The van der Waals surface area contributed by atoms with Crippen LogP contribution in [-0.4, -0.2) is 13.1 Å². The zero-order chi connectivity index (χ0) is 11.3. The highest BCUT2D eigenvalue weighted by Crippen LogP contribution is 2.16. The van der Waals surface area contributed by atoms with Crippen LogP contribution in [0, 0.1) is 20.8 Å². The van der Waals surface area contributed by atoms with Crippen molar-refractivity contribution in [1.29, 1.82) is 0 Å². The number of hydrogen-bond acceptors (Lipinski definition) is 2. The minimum Gasteiger partial charge on any atom is -0.330 e. The number of nitrogens with one attached hydrogen (secondary N) is 1. The topological polar surface area (TPSA) is 38.0 Å². The Kier molecular flexibility index (Phi) is 4.79. The van der Waals surface area contributed by atoms with Gasteiger partial charge < -0.3 is 11.1 Å². The lowest BCUT2D eigenvalue weighted by atomic mass is 9.99. The molecule has 1 aromatic carbocycles. The van der Waals surface area contributed by atoms with Crippen LogP contribution >= 0.6 is 0 Å². The van der Waals surface area contributed by atoms with Gasteiger partial charge in [-0.05, 0) is 62.5 Å². The van der Waals surface area contributed by atoms with E-state index in [1.165, 1.54) is 22.3 Å². The Hall–Kier alpha value is -0.860. The molecule has 1 rings (SSSR count). The maximum atomic E-state index is 5.44. The molecule has 0 saturated heterocycles. The van der Waals surface area contributed by atoms with E-state index in [9.17, 15) is 0 Å². The van der Waals surface area contributed by atoms with Crippen LogP contribution in [0.3, 0.4) is 0 Å². The fourth-order valence-corrected chi connectivity index (χ4v) is 1.65. The van der Waals surface area contributed by atoms with E-state index in [2.05, 4.69) is 38.2 Å². The molecule has 0 amide bonds. The summed E-state index contributed by atoms with van der Waals surface area (Å²) in [6, 6.07) is 4.41. The second-order valence-corrected chi connectivity index (χ2v) is 4.11. The van der Waals surface area contributed by atoms with E-state index in [1.807, 2.05) is 0 Å². The maximum Gasteiger partial charge on any atom is 0.0208 e. The fraction of sp³-hybridized carbons (Fsp3) is 0.538. The number of rotatable bonds is 5. The van der Waals surface area contributed by atoms with Crippen LogP contribution in [0.15, 0.2) is 12.1 Å². The molecule has 0 heterocycles. The Balaban J connectivity index is 2.58. The lowest BCUT2D eigenvalue weighted by molar-refractivity contribution is 0.653. The van der Waals surface area contributed by atoms with Crippen LogP contribution in [0.1, 0.15) is 28.7 Å². The van der Waals surface area contributed by atoms with Crippen molar-refractivity contribution >= 4 is 0 Å². The lowest BCUT2D eigenvalue weighted by Gasteiger charge is -2.11. The van der Waals surface area contributed by atoms with Gasteiger partial charge >= 0.3 is 0 Å². The summed E-state index contributed by atoms with van der Waals surface area (Å²) in [6.45, 7) is 9.26. The predicted molar refractivity (Wildman–Crippen MR) is 66.0 cm³/mol. The molecule has 0 atom stereocenters. The third-order valence-corrected chi connectivity index (χ3v) is 3.04. The molecular weight excluding hydrogens is 184 g/mol. The third kappa shape index (κ3) is 3.33. The van der Waals surface area contributed by atoms with E-state index in [0.29, 0.717) is 0 Å². The van der Waals surface area contributed by atoms with Crippen LogP contribution in [-0.2, 0) is 6.54 Å². The Morgan fingerprint density at radius 1 is 1.13 bits per heavy atom. The van der Waals surface area contributed by atoms with Crippen LogP contribution in [0.5, 0.6) is 0 Å². The summed E-state index contributed by atoms with van der Waals surface area (Å²) in [6.07, 6.45) is 1.05. The van der Waals surface area contributed by atoms with Gasteiger partial charge in [0.05, 0.1) is 0 Å². The van der Waals surface area contributed by atoms with Gasteiger partial charge in [0.25, 0.3) is 0 Å². The van der Waals surface area contributed by atoms with Crippen molar-refractivity contribution in [2.24, 2.45) is 5.73 Å². The minimum absolute atomic E-state index is 0.763. The summed E-state index contributed by atoms with van der Waals surface area (Å²) in [5, 5.41) is 3.41. The highest BCUT2D eigenvalue weighted by atomic mass is 14.8. The van der Waals surface area contributed by atoms with Crippen LogP contribution in [0.25, 0.3) is 0 Å². The van der Waals surface area contributed by atoms with Gasteiger partial charge in [0.15, 0.2) is 0 Å². The zero-order valence-electron chi connectivity index (χ0n) is 10.1. The smallest absolute Gasteiger partial charge is 0.0208 e. The molecule has 0 fully saturated rings. The SMILES string of the molecule is Cc1ccc(CNCCCN)c(C)c1C. The predicted octanol–water partition coefficient (Wildman–Crippen LogP) is 2.05. The summed E-state index contributed by atoms with van der Waals surface area (Å²) < 4.78 is 0. The molecule has 3 N–H and O–H groups in total. The molecule has 1 aromatic rings. The second-order valence-electron chi connectivity index (χ2n) is 4.11. The molecule has 0 radical (unpaired) electrons. The average molecular weight is 206 g/mol. The van der Waals surface area contributed by atoms with Gasteiger partial charge in [-0.25, -0.2) is 0 Å². The average Bonchev–Trinajstić information content (AvgIpc) is 2.24. The highest BCUT2D eigenvalue weighted by Gasteiger charge is 2.02. The molecule has 84 valence electrons. The third-order valence-electron chi connectivity index (χ3n) is 3.04. The Labute approximate surface area is 92.9 Å². The van der Waals surface area contributed by atoms with Crippen molar-refractivity contribution in [2.45, 2.75) is 33.7 Å². The molecule has 0 bridgehead atoms. The first-order valence-electron chi connectivity index (χ1n) is 5.63. The molecule has 0 aliphatic heterocycles. The van der Waals surface area contributed by atoms with Gasteiger partial charge in [-0.3, -0.25) is 0 Å². The van der Waals surface area contributed by atoms with E-state index >= 15 is 0 Å². The largest absolute Gasteiger partial charge is 0.330 e. The van der Waals surface area contributed by atoms with Gasteiger partial charge in [-0.2, -0.15) is 0 Å². The van der Waals surface area contributed by atoms with Crippen molar-refractivity contribution in [3.63, 3.8) is 0 Å². The first-order chi connectivity index (χ1) is 7.16. The Morgan fingerprint density at radius 2 is 1.87 bits per heavy atom. The van der Waals surface area contributed by atoms with Crippen molar-refractivity contribution < 1.29 is 0 Å². The molecule has 0 unspecified atom stereocenters. The molecular formula is C13H22N2. The molecule has 0 aliphatic rings. The summed E-state index contributed by atoms with van der Waals surface area (Å²) >= 11 is 0. The molecule has 0 saturated carbocycles. The van der Waals surface area contributed by atoms with E-state index in [4.69, 9.17) is 5.73 Å². The summed E-state index contributed by atoms with van der Waals surface area (Å²) in [5.41, 5.74) is 11.0. The number of nitrogens with two attached hydrogens (primary N) is 1. The molecule has 0 aromatic heterocycles. The van der Waals surface area contributed by atoms with Gasteiger partial charge in [0, 0.05) is 6.54 Å². The monoisotopic (exact) mass is 206 g/mol. The quantitative estimate of drug-likeness (QED) is 0.724. The van der Waals surface area contributed by atoms with E-state index in [-0.39, 0.29) is 0 Å². The number of hydrogen-bond donors (Lipinski definition) is 2. The maximum absolute atomic E-state index is 5.44. The standard InChI is InChI=1S/C13H22N2/c1-10-5-6-13(12(3)11(10)2)9-15-8-4-7-14/h5-6,15H,4,7-9,14H2,1-3H3. The van der Waals surface area contributed by atoms with Gasteiger partial charge in [0.1, 0.15) is 0 Å². The molecule has 0 aliphatic carbocycles. The summed E-state index contributed by atoms with van der Waals surface area (Å²) in [4.78, 5) is 0. The molecule has 2 nitrogen and oxygen atoms in total. The fourth-order valence-electron chi connectivity index (χ4n) is 1.65. The van der Waals surface area contributed by atoms with Crippen LogP contribution in [0.2, 0.25) is 0 Å². The van der Waals surface area contributed by atoms with Crippen molar-refractivity contribution in [3.05, 3.63) is 34.4 Å². The highest BCUT2D eigenvalue weighted by molar-refractivity contribution is 5.38. The second kappa shape index (κ2) is 5.89. The first-order valence-corrected chi connectivity index (χ1v) is 5.63. The van der Waals surface area contributed by atoms with Crippen molar-refractivity contribution in [2.75, 3.05) is 13.1 Å².